The fourth-order valence-electron chi connectivity index (χ4n) is 4.27. The number of imide groups is 1. The summed E-state index contributed by atoms with van der Waals surface area (Å²) >= 11 is 0. The highest BCUT2D eigenvalue weighted by molar-refractivity contribution is 6.12. The summed E-state index contributed by atoms with van der Waals surface area (Å²) in [7, 11) is 0. The van der Waals surface area contributed by atoms with Crippen molar-refractivity contribution in [2.45, 2.75) is 78.1 Å². The maximum absolute atomic E-state index is 12.4. The quantitative estimate of drug-likeness (QED) is 0.399. The van der Waals surface area contributed by atoms with Crippen molar-refractivity contribution < 1.29 is 19.2 Å². The molecule has 162 valence electrons. The van der Waals surface area contributed by atoms with E-state index in [0.29, 0.717) is 31.2 Å². The first-order valence-electron chi connectivity index (χ1n) is 11.3. The summed E-state index contributed by atoms with van der Waals surface area (Å²) in [5.41, 5.74) is 0. The Bertz CT molecular complexity index is 602. The van der Waals surface area contributed by atoms with E-state index < -0.39 is 0 Å². The highest BCUT2D eigenvalue weighted by atomic mass is 16.2. The molecule has 0 spiro atoms. The third-order valence-corrected chi connectivity index (χ3v) is 6.23. The molecule has 0 radical (unpaired) electrons. The molecule has 1 aliphatic heterocycles. The zero-order chi connectivity index (χ0) is 21.2. The lowest BCUT2D eigenvalue weighted by Crippen LogP contribution is -2.38. The van der Waals surface area contributed by atoms with Gasteiger partial charge in [0.1, 0.15) is 5.78 Å². The Labute approximate surface area is 174 Å². The normalized spacial score (nSPS) is 22.8. The van der Waals surface area contributed by atoms with Crippen molar-refractivity contribution in [2.24, 2.45) is 17.8 Å². The van der Waals surface area contributed by atoms with Gasteiger partial charge in [0.25, 0.3) is 11.8 Å². The van der Waals surface area contributed by atoms with E-state index in [4.69, 9.17) is 0 Å². The number of carbonyl (C=O) groups is 4. The molecule has 1 N–H and O–H groups in total. The van der Waals surface area contributed by atoms with Gasteiger partial charge >= 0.3 is 0 Å². The van der Waals surface area contributed by atoms with Gasteiger partial charge in [-0.25, -0.2) is 0 Å². The van der Waals surface area contributed by atoms with Gasteiger partial charge in [0.2, 0.25) is 5.91 Å². The maximum Gasteiger partial charge on any atom is 0.253 e. The lowest BCUT2D eigenvalue weighted by Gasteiger charge is -2.30. The van der Waals surface area contributed by atoms with Gasteiger partial charge in [0.05, 0.1) is 0 Å². The minimum absolute atomic E-state index is 0.0332. The number of amides is 3. The van der Waals surface area contributed by atoms with Crippen LogP contribution < -0.4 is 5.32 Å². The van der Waals surface area contributed by atoms with Gasteiger partial charge in [-0.05, 0) is 50.9 Å². The van der Waals surface area contributed by atoms with E-state index in [-0.39, 0.29) is 29.6 Å². The molecular weight excluding hydrogens is 368 g/mol. The number of nitrogens with zero attached hydrogens (tertiary/aromatic N) is 1. The van der Waals surface area contributed by atoms with Crippen molar-refractivity contribution in [3.63, 3.8) is 0 Å². The van der Waals surface area contributed by atoms with Crippen LogP contribution in [0.4, 0.5) is 0 Å². The Morgan fingerprint density at radius 1 is 1.07 bits per heavy atom. The Balaban J connectivity index is 1.54. The molecule has 1 saturated carbocycles. The maximum atomic E-state index is 12.4. The average Bonchev–Trinajstić information content (AvgIpc) is 3.03. The lowest BCUT2D eigenvalue weighted by atomic mass is 9.81. The second-order valence-electron chi connectivity index (χ2n) is 8.60. The van der Waals surface area contributed by atoms with Crippen LogP contribution in [0.3, 0.4) is 0 Å². The topological polar surface area (TPSA) is 83.6 Å². The second kappa shape index (κ2) is 11.9. The SMILES string of the molecule is CCCC(C)C(=O)CCCCCNC(=O)C1CCC(CN2C(=O)C=CC2=O)CC1. The second-order valence-corrected chi connectivity index (χ2v) is 8.60. The number of unbranched alkanes of at least 4 members (excludes halogenated alkanes) is 2. The van der Waals surface area contributed by atoms with Crippen LogP contribution in [0.25, 0.3) is 0 Å². The third kappa shape index (κ3) is 7.41. The number of Topliss-reactive ketones (excluding diaryl/α,β-unsaturated/α-hetero) is 1. The monoisotopic (exact) mass is 404 g/mol. The number of ketones is 1. The van der Waals surface area contributed by atoms with Crippen LogP contribution in [0.2, 0.25) is 0 Å². The molecule has 0 aromatic carbocycles. The number of hydrogen-bond donors (Lipinski definition) is 1. The zero-order valence-corrected chi connectivity index (χ0v) is 18.0. The lowest BCUT2D eigenvalue weighted by molar-refractivity contribution is -0.138. The number of hydrogen-bond acceptors (Lipinski definition) is 4. The van der Waals surface area contributed by atoms with Crippen LogP contribution in [-0.2, 0) is 19.2 Å². The van der Waals surface area contributed by atoms with Crippen LogP contribution in [0, 0.1) is 17.8 Å². The van der Waals surface area contributed by atoms with Crippen LogP contribution in [-0.4, -0.2) is 41.5 Å². The molecule has 2 aliphatic rings. The van der Waals surface area contributed by atoms with Crippen molar-refractivity contribution >= 4 is 23.5 Å². The molecule has 0 aromatic heterocycles. The molecule has 29 heavy (non-hydrogen) atoms. The van der Waals surface area contributed by atoms with E-state index in [0.717, 1.165) is 57.8 Å². The Kier molecular flexibility index (Phi) is 9.55. The molecule has 6 nitrogen and oxygen atoms in total. The summed E-state index contributed by atoms with van der Waals surface area (Å²) in [6.07, 6.45) is 11.4. The fraction of sp³-hybridized carbons (Fsp3) is 0.739. The number of nitrogens with one attached hydrogen (secondary N) is 1. The first kappa shape index (κ1) is 23.3. The predicted octanol–water partition coefficient (Wildman–Crippen LogP) is 3.40. The molecule has 1 fully saturated rings. The molecule has 1 heterocycles. The highest BCUT2D eigenvalue weighted by Crippen LogP contribution is 2.30. The molecule has 0 saturated heterocycles. The van der Waals surface area contributed by atoms with E-state index in [9.17, 15) is 19.2 Å². The van der Waals surface area contributed by atoms with Crippen LogP contribution in [0.5, 0.6) is 0 Å². The molecule has 6 heteroatoms. The van der Waals surface area contributed by atoms with E-state index >= 15 is 0 Å². The van der Waals surface area contributed by atoms with Gasteiger partial charge in [-0.3, -0.25) is 24.1 Å². The smallest absolute Gasteiger partial charge is 0.253 e. The first-order chi connectivity index (χ1) is 13.9. The summed E-state index contributed by atoms with van der Waals surface area (Å²) in [5.74, 6) is 0.526. The average molecular weight is 405 g/mol. The fourth-order valence-corrected chi connectivity index (χ4v) is 4.27. The van der Waals surface area contributed by atoms with E-state index in [1.54, 1.807) is 0 Å². The van der Waals surface area contributed by atoms with Gasteiger partial charge in [0.15, 0.2) is 0 Å². The van der Waals surface area contributed by atoms with Crippen molar-refractivity contribution in [1.82, 2.24) is 10.2 Å². The summed E-state index contributed by atoms with van der Waals surface area (Å²) in [5, 5.41) is 3.03. The van der Waals surface area contributed by atoms with Crippen molar-refractivity contribution in [2.75, 3.05) is 13.1 Å². The standard InChI is InChI=1S/C23H36N2O4/c1-3-7-17(2)20(26)8-5-4-6-15-24-23(29)19-11-9-18(10-12-19)16-25-21(27)13-14-22(25)28/h13-14,17-19H,3-12,15-16H2,1-2H3,(H,24,29). The minimum Gasteiger partial charge on any atom is -0.356 e. The third-order valence-electron chi connectivity index (χ3n) is 6.23. The largest absolute Gasteiger partial charge is 0.356 e. The summed E-state index contributed by atoms with van der Waals surface area (Å²) in [6.45, 7) is 5.25. The van der Waals surface area contributed by atoms with Gasteiger partial charge in [-0.1, -0.05) is 26.7 Å². The first-order valence-corrected chi connectivity index (χ1v) is 11.3. The van der Waals surface area contributed by atoms with E-state index in [2.05, 4.69) is 12.2 Å². The van der Waals surface area contributed by atoms with Crippen molar-refractivity contribution in [3.05, 3.63) is 12.2 Å². The summed E-state index contributed by atoms with van der Waals surface area (Å²) in [6, 6.07) is 0. The number of carbonyl (C=O) groups excluding carboxylic acids is 4. The van der Waals surface area contributed by atoms with Gasteiger partial charge in [-0.2, -0.15) is 0 Å². The molecule has 1 aliphatic carbocycles. The molecule has 1 unspecified atom stereocenters. The van der Waals surface area contributed by atoms with Gasteiger partial charge < -0.3 is 5.32 Å². The Morgan fingerprint density at radius 2 is 1.72 bits per heavy atom. The van der Waals surface area contributed by atoms with Gasteiger partial charge in [0, 0.05) is 43.5 Å². The Morgan fingerprint density at radius 3 is 2.34 bits per heavy atom. The highest BCUT2D eigenvalue weighted by Gasteiger charge is 2.31. The minimum atomic E-state index is -0.226. The molecule has 1 atom stereocenters. The zero-order valence-electron chi connectivity index (χ0n) is 18.0. The molecule has 0 aromatic rings. The predicted molar refractivity (Wildman–Crippen MR) is 112 cm³/mol. The Hall–Kier alpha value is -1.98. The van der Waals surface area contributed by atoms with Crippen LogP contribution in [0.1, 0.15) is 78.1 Å². The molecular formula is C23H36N2O4. The summed E-state index contributed by atoms with van der Waals surface area (Å²) in [4.78, 5) is 48.9. The van der Waals surface area contributed by atoms with Gasteiger partial charge in [-0.15, -0.1) is 0 Å². The van der Waals surface area contributed by atoms with Crippen LogP contribution >= 0.6 is 0 Å². The van der Waals surface area contributed by atoms with Crippen molar-refractivity contribution in [3.8, 4) is 0 Å². The molecule has 3 amide bonds. The van der Waals surface area contributed by atoms with E-state index in [1.165, 1.54) is 17.1 Å². The van der Waals surface area contributed by atoms with Crippen molar-refractivity contribution in [1.29, 1.82) is 0 Å². The van der Waals surface area contributed by atoms with Crippen LogP contribution in [0.15, 0.2) is 12.2 Å². The number of rotatable bonds is 12. The van der Waals surface area contributed by atoms with E-state index in [1.807, 2.05) is 6.92 Å². The molecule has 0 bridgehead atoms. The molecule has 2 rings (SSSR count). The summed E-state index contributed by atoms with van der Waals surface area (Å²) < 4.78 is 0.